The fraction of sp³-hybridized carbons (Fsp3) is 0.467. The zero-order valence-corrected chi connectivity index (χ0v) is 12.7. The van der Waals surface area contributed by atoms with E-state index in [2.05, 4.69) is 23.9 Å². The Hall–Kier alpha value is -1.55. The summed E-state index contributed by atoms with van der Waals surface area (Å²) in [7, 11) is 1.32. The predicted molar refractivity (Wildman–Crippen MR) is 78.8 cm³/mol. The van der Waals surface area contributed by atoms with Crippen molar-refractivity contribution in [3.63, 3.8) is 0 Å². The first kappa shape index (κ1) is 16.5. The van der Waals surface area contributed by atoms with Crippen LogP contribution in [0.1, 0.15) is 43.4 Å². The maximum Gasteiger partial charge on any atom is 0.307 e. The van der Waals surface area contributed by atoms with Gasteiger partial charge in [-0.15, -0.1) is 11.6 Å². The van der Waals surface area contributed by atoms with Gasteiger partial charge in [0.05, 0.1) is 19.6 Å². The van der Waals surface area contributed by atoms with Crippen LogP contribution in [0.4, 0.5) is 0 Å². The number of nitrogens with one attached hydrogen (secondary N) is 1. The van der Waals surface area contributed by atoms with Gasteiger partial charge in [-0.3, -0.25) is 9.59 Å². The summed E-state index contributed by atoms with van der Waals surface area (Å²) in [6.07, 6.45) is 0.0835. The lowest BCUT2D eigenvalue weighted by atomic mass is 9.97. The Balaban J connectivity index is 2.90. The lowest BCUT2D eigenvalue weighted by Crippen LogP contribution is -2.31. The number of alkyl halides is 1. The molecule has 1 N–H and O–H groups in total. The second kappa shape index (κ2) is 7.90. The van der Waals surface area contributed by atoms with Gasteiger partial charge >= 0.3 is 5.97 Å². The van der Waals surface area contributed by atoms with Gasteiger partial charge in [0.1, 0.15) is 5.88 Å². The Morgan fingerprint density at radius 1 is 1.20 bits per heavy atom. The van der Waals surface area contributed by atoms with Crippen molar-refractivity contribution in [3.8, 4) is 0 Å². The van der Waals surface area contributed by atoms with Gasteiger partial charge in [0.2, 0.25) is 5.91 Å². The summed E-state index contributed by atoms with van der Waals surface area (Å²) in [5, 5.41) is 2.73. The third-order valence-electron chi connectivity index (χ3n) is 3.06. The number of hydrogen-bond acceptors (Lipinski definition) is 3. The van der Waals surface area contributed by atoms with Gasteiger partial charge in [0.25, 0.3) is 0 Å². The summed E-state index contributed by atoms with van der Waals surface area (Å²) in [4.78, 5) is 22.9. The van der Waals surface area contributed by atoms with E-state index in [4.69, 9.17) is 11.6 Å². The molecule has 0 aliphatic carbocycles. The molecule has 1 atom stereocenters. The van der Waals surface area contributed by atoms with E-state index >= 15 is 0 Å². The molecule has 0 fully saturated rings. The predicted octanol–water partition coefficient (Wildman–Crippen LogP) is 2.77. The number of carbonyl (C=O) groups excluding carboxylic acids is 2. The summed E-state index contributed by atoms with van der Waals surface area (Å²) >= 11 is 5.49. The molecule has 4 nitrogen and oxygen atoms in total. The van der Waals surface area contributed by atoms with Gasteiger partial charge in [-0.2, -0.15) is 0 Å². The van der Waals surface area contributed by atoms with E-state index in [-0.39, 0.29) is 24.2 Å². The molecular formula is C15H20ClNO3. The number of methoxy groups -OCH3 is 1. The molecule has 0 saturated carbocycles. The van der Waals surface area contributed by atoms with Crippen molar-refractivity contribution in [2.45, 2.75) is 32.2 Å². The number of amides is 1. The maximum atomic E-state index is 11.4. The van der Waals surface area contributed by atoms with Crippen LogP contribution in [0.2, 0.25) is 0 Å². The van der Waals surface area contributed by atoms with Crippen molar-refractivity contribution in [3.05, 3.63) is 35.4 Å². The van der Waals surface area contributed by atoms with Gasteiger partial charge in [0, 0.05) is 0 Å². The zero-order chi connectivity index (χ0) is 15.1. The molecule has 0 unspecified atom stereocenters. The molecule has 1 amide bonds. The summed E-state index contributed by atoms with van der Waals surface area (Å²) in [5.41, 5.74) is 2.06. The summed E-state index contributed by atoms with van der Waals surface area (Å²) < 4.78 is 4.66. The number of halogens is 1. The average molecular weight is 298 g/mol. The molecule has 1 rings (SSSR count). The Morgan fingerprint density at radius 2 is 1.75 bits per heavy atom. The fourth-order valence-electron chi connectivity index (χ4n) is 1.85. The Labute approximate surface area is 124 Å². The highest BCUT2D eigenvalue weighted by Crippen LogP contribution is 2.21. The molecule has 0 aromatic heterocycles. The van der Waals surface area contributed by atoms with E-state index in [1.807, 2.05) is 24.3 Å². The van der Waals surface area contributed by atoms with Crippen molar-refractivity contribution in [2.24, 2.45) is 0 Å². The van der Waals surface area contributed by atoms with Crippen LogP contribution >= 0.6 is 11.6 Å². The van der Waals surface area contributed by atoms with E-state index in [1.165, 1.54) is 12.7 Å². The Morgan fingerprint density at radius 3 is 2.20 bits per heavy atom. The molecule has 5 heteroatoms. The van der Waals surface area contributed by atoms with Crippen LogP contribution in [0.3, 0.4) is 0 Å². The largest absolute Gasteiger partial charge is 0.469 e. The van der Waals surface area contributed by atoms with Crippen LogP contribution in [-0.2, 0) is 14.3 Å². The van der Waals surface area contributed by atoms with E-state index in [1.54, 1.807) is 0 Å². The molecule has 0 aliphatic heterocycles. The number of ether oxygens (including phenoxy) is 1. The zero-order valence-electron chi connectivity index (χ0n) is 12.0. The molecule has 0 spiro atoms. The summed E-state index contributed by atoms with van der Waals surface area (Å²) in [6, 6.07) is 7.40. The highest BCUT2D eigenvalue weighted by Gasteiger charge is 2.18. The second-order valence-corrected chi connectivity index (χ2v) is 5.12. The lowest BCUT2D eigenvalue weighted by Gasteiger charge is -2.18. The minimum Gasteiger partial charge on any atom is -0.469 e. The van der Waals surface area contributed by atoms with E-state index in [9.17, 15) is 9.59 Å². The number of rotatable bonds is 6. The Kier molecular flexibility index (Phi) is 6.52. The average Bonchev–Trinajstić information content (AvgIpc) is 2.46. The molecule has 0 saturated heterocycles. The molecule has 0 aliphatic rings. The first-order chi connectivity index (χ1) is 9.47. The monoisotopic (exact) mass is 297 g/mol. The molecule has 20 heavy (non-hydrogen) atoms. The van der Waals surface area contributed by atoms with Gasteiger partial charge in [-0.05, 0) is 17.0 Å². The molecule has 1 aromatic rings. The third-order valence-corrected chi connectivity index (χ3v) is 3.30. The van der Waals surface area contributed by atoms with Crippen LogP contribution in [0, 0.1) is 0 Å². The molecule has 0 bridgehead atoms. The number of carbonyl (C=O) groups is 2. The van der Waals surface area contributed by atoms with Crippen molar-refractivity contribution in [1.29, 1.82) is 0 Å². The number of esters is 1. The van der Waals surface area contributed by atoms with Crippen molar-refractivity contribution in [2.75, 3.05) is 13.0 Å². The van der Waals surface area contributed by atoms with Crippen molar-refractivity contribution < 1.29 is 14.3 Å². The summed E-state index contributed by atoms with van der Waals surface area (Å²) in [6.45, 7) is 4.21. The maximum absolute atomic E-state index is 11.4. The van der Waals surface area contributed by atoms with Crippen LogP contribution in [0.25, 0.3) is 0 Å². The van der Waals surface area contributed by atoms with Crippen LogP contribution < -0.4 is 5.32 Å². The van der Waals surface area contributed by atoms with E-state index in [0.717, 1.165) is 5.56 Å². The molecule has 110 valence electrons. The first-order valence-electron chi connectivity index (χ1n) is 6.50. The van der Waals surface area contributed by atoms with Crippen LogP contribution in [0.5, 0.6) is 0 Å². The second-order valence-electron chi connectivity index (χ2n) is 4.86. The number of benzene rings is 1. The van der Waals surface area contributed by atoms with Gasteiger partial charge < -0.3 is 10.1 Å². The normalized spacial score (nSPS) is 12.1. The van der Waals surface area contributed by atoms with Gasteiger partial charge in [0.15, 0.2) is 0 Å². The lowest BCUT2D eigenvalue weighted by molar-refractivity contribution is -0.141. The fourth-order valence-corrected chi connectivity index (χ4v) is 1.93. The Bertz CT molecular complexity index is 439. The summed E-state index contributed by atoms with van der Waals surface area (Å²) in [5.74, 6) is -0.395. The molecule has 0 radical (unpaired) electrons. The van der Waals surface area contributed by atoms with Gasteiger partial charge in [-0.25, -0.2) is 0 Å². The SMILES string of the molecule is COC(=O)C[C@H](NC(=O)CCl)c1ccc(C(C)C)cc1. The van der Waals surface area contributed by atoms with Crippen molar-refractivity contribution >= 4 is 23.5 Å². The van der Waals surface area contributed by atoms with Crippen LogP contribution in [0.15, 0.2) is 24.3 Å². The molecule has 1 aromatic carbocycles. The van der Waals surface area contributed by atoms with E-state index < -0.39 is 6.04 Å². The topological polar surface area (TPSA) is 55.4 Å². The quantitative estimate of drug-likeness (QED) is 0.649. The number of hydrogen-bond donors (Lipinski definition) is 1. The standard InChI is InChI=1S/C15H20ClNO3/c1-10(2)11-4-6-12(7-5-11)13(8-15(19)20-3)17-14(18)9-16/h4-7,10,13H,8-9H2,1-3H3,(H,17,18)/t13-/m0/s1. The smallest absolute Gasteiger partial charge is 0.307 e. The molecule has 0 heterocycles. The first-order valence-corrected chi connectivity index (χ1v) is 7.03. The van der Waals surface area contributed by atoms with E-state index in [0.29, 0.717) is 5.92 Å². The minimum absolute atomic E-state index is 0.0835. The van der Waals surface area contributed by atoms with Crippen LogP contribution in [-0.4, -0.2) is 24.9 Å². The van der Waals surface area contributed by atoms with Crippen molar-refractivity contribution in [1.82, 2.24) is 5.32 Å². The minimum atomic E-state index is -0.421. The van der Waals surface area contributed by atoms with Gasteiger partial charge in [-0.1, -0.05) is 38.1 Å². The highest BCUT2D eigenvalue weighted by atomic mass is 35.5. The third kappa shape index (κ3) is 4.85. The molecular weight excluding hydrogens is 278 g/mol. The highest BCUT2D eigenvalue weighted by molar-refractivity contribution is 6.27.